The summed E-state index contributed by atoms with van der Waals surface area (Å²) in [5.41, 5.74) is 0.137. The molecule has 9 heteroatoms. The number of H-pyrrole nitrogens is 1. The summed E-state index contributed by atoms with van der Waals surface area (Å²) in [5, 5.41) is 4.65. The zero-order valence-corrected chi connectivity index (χ0v) is 16.8. The smallest absolute Gasteiger partial charge is 0.262 e. The molecule has 2 saturated carbocycles. The summed E-state index contributed by atoms with van der Waals surface area (Å²) in [6.07, 6.45) is 3.27. The number of nitrogens with zero attached hydrogens (tertiary/aromatic N) is 4. The first-order valence-corrected chi connectivity index (χ1v) is 10.5. The highest BCUT2D eigenvalue weighted by atomic mass is 19.3. The number of fused-ring (bicyclic) bond motifs is 1. The molecule has 2 aliphatic rings. The van der Waals surface area contributed by atoms with Gasteiger partial charge in [-0.2, -0.15) is 5.10 Å². The van der Waals surface area contributed by atoms with Crippen LogP contribution in [0.4, 0.5) is 8.78 Å². The number of hydrogen-bond acceptors (Lipinski definition) is 4. The third kappa shape index (κ3) is 3.55. The molecule has 2 aliphatic carbocycles. The zero-order valence-electron chi connectivity index (χ0n) is 16.8. The molecule has 0 radical (unpaired) electrons. The van der Waals surface area contributed by atoms with Gasteiger partial charge >= 0.3 is 0 Å². The average Bonchev–Trinajstić information content (AvgIpc) is 3.06. The quantitative estimate of drug-likeness (QED) is 0.825. The van der Waals surface area contributed by atoms with E-state index in [1.807, 2.05) is 13.8 Å². The number of rotatable bonds is 5. The van der Waals surface area contributed by atoms with Crippen molar-refractivity contribution >= 4 is 16.9 Å². The molecule has 2 aromatic rings. The molecule has 2 atom stereocenters. The molecule has 0 spiro atoms. The maximum atomic E-state index is 13.5. The Kier molecular flexibility index (Phi) is 5.16. The number of carbonyl (C=O) groups excluding carboxylic acids is 1. The van der Waals surface area contributed by atoms with Crippen LogP contribution in [0.15, 0.2) is 11.0 Å². The molecule has 2 fully saturated rings. The van der Waals surface area contributed by atoms with E-state index in [2.05, 4.69) is 15.1 Å². The Bertz CT molecular complexity index is 955. The molecular weight excluding hydrogens is 380 g/mol. The minimum Gasteiger partial charge on any atom is -0.343 e. The van der Waals surface area contributed by atoms with Crippen LogP contribution in [-0.2, 0) is 4.79 Å². The van der Waals surface area contributed by atoms with Crippen molar-refractivity contribution in [2.45, 2.75) is 70.3 Å². The number of amides is 1. The summed E-state index contributed by atoms with van der Waals surface area (Å²) in [6, 6.07) is -0.191. The second kappa shape index (κ2) is 7.50. The van der Waals surface area contributed by atoms with Crippen molar-refractivity contribution in [2.75, 3.05) is 13.1 Å². The van der Waals surface area contributed by atoms with Crippen LogP contribution < -0.4 is 5.56 Å². The van der Waals surface area contributed by atoms with Crippen LogP contribution >= 0.6 is 0 Å². The molecule has 0 aliphatic heterocycles. The maximum absolute atomic E-state index is 13.5. The topological polar surface area (TPSA) is 83.9 Å². The van der Waals surface area contributed by atoms with Gasteiger partial charge in [-0.3, -0.25) is 9.59 Å². The van der Waals surface area contributed by atoms with Gasteiger partial charge in [0.2, 0.25) is 11.8 Å². The molecule has 4 rings (SSSR count). The van der Waals surface area contributed by atoms with Crippen LogP contribution in [0.5, 0.6) is 0 Å². The van der Waals surface area contributed by atoms with E-state index < -0.39 is 5.92 Å². The standard InChI is InChI=1S/C20H27F2N5O2/c1-3-26(4-2)19(29)14-6-5-13(14)16-24-17-15(18(28)25-16)11-23-27(17)12-7-9-20(21,22)10-8-12/h11-14H,3-10H2,1-2H3,(H,24,25,28)/t13-,14-/m0/s1. The van der Waals surface area contributed by atoms with Gasteiger partial charge in [0.25, 0.3) is 5.56 Å². The monoisotopic (exact) mass is 407 g/mol. The Morgan fingerprint density at radius 1 is 1.24 bits per heavy atom. The molecule has 0 saturated heterocycles. The fraction of sp³-hybridized carbons (Fsp3) is 0.700. The summed E-state index contributed by atoms with van der Waals surface area (Å²) in [5.74, 6) is -2.34. The fourth-order valence-corrected chi connectivity index (χ4v) is 4.56. The van der Waals surface area contributed by atoms with E-state index in [9.17, 15) is 18.4 Å². The molecular formula is C20H27F2N5O2. The van der Waals surface area contributed by atoms with E-state index in [4.69, 9.17) is 0 Å². The number of hydrogen-bond donors (Lipinski definition) is 1. The van der Waals surface area contributed by atoms with Crippen LogP contribution in [-0.4, -0.2) is 49.6 Å². The highest BCUT2D eigenvalue weighted by molar-refractivity contribution is 5.81. The van der Waals surface area contributed by atoms with Crippen molar-refractivity contribution in [1.82, 2.24) is 24.6 Å². The average molecular weight is 407 g/mol. The predicted octanol–water partition coefficient (Wildman–Crippen LogP) is 3.23. The Morgan fingerprint density at radius 3 is 2.52 bits per heavy atom. The molecule has 1 N–H and O–H groups in total. The molecule has 2 heterocycles. The van der Waals surface area contributed by atoms with E-state index in [-0.39, 0.29) is 42.2 Å². The molecule has 0 aromatic carbocycles. The first-order valence-electron chi connectivity index (χ1n) is 10.5. The summed E-state index contributed by atoms with van der Waals surface area (Å²) >= 11 is 0. The Hall–Kier alpha value is -2.32. The van der Waals surface area contributed by atoms with Gasteiger partial charge in [-0.25, -0.2) is 18.4 Å². The summed E-state index contributed by atoms with van der Waals surface area (Å²) in [7, 11) is 0. The molecule has 2 aromatic heterocycles. The number of nitrogens with one attached hydrogen (secondary N) is 1. The van der Waals surface area contributed by atoms with Gasteiger partial charge in [0.1, 0.15) is 11.2 Å². The number of halogens is 2. The van der Waals surface area contributed by atoms with Crippen LogP contribution in [0.2, 0.25) is 0 Å². The van der Waals surface area contributed by atoms with Crippen LogP contribution in [0.3, 0.4) is 0 Å². The first kappa shape index (κ1) is 20.0. The molecule has 7 nitrogen and oxygen atoms in total. The largest absolute Gasteiger partial charge is 0.343 e. The van der Waals surface area contributed by atoms with Crippen molar-refractivity contribution in [3.8, 4) is 0 Å². The SMILES string of the molecule is CCN(CC)C(=O)[C@H]1CC[C@@H]1c1nc2c(cnn2C2CCC(F)(F)CC2)c(=O)[nH]1. The van der Waals surface area contributed by atoms with Gasteiger partial charge in [0, 0.05) is 37.8 Å². The van der Waals surface area contributed by atoms with E-state index in [0.29, 0.717) is 42.8 Å². The maximum Gasteiger partial charge on any atom is 0.262 e. The molecule has 0 bridgehead atoms. The van der Waals surface area contributed by atoms with Crippen LogP contribution in [0.25, 0.3) is 11.0 Å². The van der Waals surface area contributed by atoms with Crippen molar-refractivity contribution in [3.63, 3.8) is 0 Å². The van der Waals surface area contributed by atoms with Crippen LogP contribution in [0.1, 0.15) is 70.2 Å². The summed E-state index contributed by atoms with van der Waals surface area (Å²) < 4.78 is 28.7. The zero-order chi connectivity index (χ0) is 20.8. The molecule has 0 unspecified atom stereocenters. The number of carbonyl (C=O) groups is 1. The first-order chi connectivity index (χ1) is 13.8. The van der Waals surface area contributed by atoms with E-state index in [1.165, 1.54) is 6.20 Å². The third-order valence-corrected chi connectivity index (χ3v) is 6.53. The molecule has 1 amide bonds. The lowest BCUT2D eigenvalue weighted by Gasteiger charge is -2.37. The number of alkyl halides is 2. The van der Waals surface area contributed by atoms with E-state index in [1.54, 1.807) is 9.58 Å². The van der Waals surface area contributed by atoms with E-state index >= 15 is 0 Å². The molecule has 29 heavy (non-hydrogen) atoms. The Labute approximate surface area is 167 Å². The Morgan fingerprint density at radius 2 is 1.93 bits per heavy atom. The van der Waals surface area contributed by atoms with Crippen molar-refractivity contribution in [3.05, 3.63) is 22.4 Å². The van der Waals surface area contributed by atoms with Gasteiger partial charge in [-0.05, 0) is 39.5 Å². The summed E-state index contributed by atoms with van der Waals surface area (Å²) in [4.78, 5) is 34.7. The third-order valence-electron chi connectivity index (χ3n) is 6.53. The van der Waals surface area contributed by atoms with Crippen molar-refractivity contribution in [1.29, 1.82) is 0 Å². The van der Waals surface area contributed by atoms with Crippen LogP contribution in [0, 0.1) is 5.92 Å². The minimum absolute atomic E-state index is 0.0945. The molecule has 158 valence electrons. The van der Waals surface area contributed by atoms with Crippen molar-refractivity contribution < 1.29 is 13.6 Å². The summed E-state index contributed by atoms with van der Waals surface area (Å²) in [6.45, 7) is 5.21. The number of aromatic amines is 1. The predicted molar refractivity (Wildman–Crippen MR) is 104 cm³/mol. The van der Waals surface area contributed by atoms with E-state index in [0.717, 1.165) is 12.8 Å². The van der Waals surface area contributed by atoms with Gasteiger partial charge in [-0.1, -0.05) is 0 Å². The van der Waals surface area contributed by atoms with Gasteiger partial charge in [-0.15, -0.1) is 0 Å². The van der Waals surface area contributed by atoms with Gasteiger partial charge < -0.3 is 9.88 Å². The lowest BCUT2D eigenvalue weighted by Crippen LogP contribution is -2.43. The lowest BCUT2D eigenvalue weighted by atomic mass is 9.72. The normalized spacial score (nSPS) is 24.4. The van der Waals surface area contributed by atoms with Crippen molar-refractivity contribution in [2.24, 2.45) is 5.92 Å². The fourth-order valence-electron chi connectivity index (χ4n) is 4.56. The lowest BCUT2D eigenvalue weighted by molar-refractivity contribution is -0.139. The highest BCUT2D eigenvalue weighted by Gasteiger charge is 2.41. The van der Waals surface area contributed by atoms with Gasteiger partial charge in [0.05, 0.1) is 12.2 Å². The minimum atomic E-state index is -2.63. The second-order valence-corrected chi connectivity index (χ2v) is 8.17. The Balaban J connectivity index is 1.63. The number of aromatic nitrogens is 4. The highest BCUT2D eigenvalue weighted by Crippen LogP contribution is 2.43. The van der Waals surface area contributed by atoms with Gasteiger partial charge in [0.15, 0.2) is 5.65 Å². The second-order valence-electron chi connectivity index (χ2n) is 8.17.